The zero-order valence-corrected chi connectivity index (χ0v) is 9.21. The van der Waals surface area contributed by atoms with Crippen molar-refractivity contribution in [3.8, 4) is 0 Å². The Balaban J connectivity index is 3.41. The lowest BCUT2D eigenvalue weighted by atomic mass is 10.3. The van der Waals surface area contributed by atoms with Crippen LogP contribution in [-0.2, 0) is 9.53 Å². The summed E-state index contributed by atoms with van der Waals surface area (Å²) in [5.41, 5.74) is 0. The Labute approximate surface area is 89.9 Å². The fourth-order valence-electron chi connectivity index (χ4n) is 0.796. The number of carbonyl (C=O) groups excluding carboxylic acids is 2. The Morgan fingerprint density at radius 2 is 2.07 bits per heavy atom. The van der Waals surface area contributed by atoms with Gasteiger partial charge in [-0.3, -0.25) is 4.79 Å². The van der Waals surface area contributed by atoms with Crippen LogP contribution in [0.25, 0.3) is 0 Å². The minimum atomic E-state index is -0.566. The predicted octanol–water partition coefficient (Wildman–Crippen LogP) is 0.815. The molecule has 0 aromatic heterocycles. The molecule has 0 rings (SSSR count). The summed E-state index contributed by atoms with van der Waals surface area (Å²) in [6.07, 6.45) is 5.20. The fourth-order valence-corrected chi connectivity index (χ4v) is 0.796. The van der Waals surface area contributed by atoms with Crippen LogP contribution < -0.4 is 10.6 Å². The molecule has 0 fully saturated rings. The number of alkyl carbamates (subject to hydrolysis) is 1. The molecular formula is C10H18N2O3. The van der Waals surface area contributed by atoms with Gasteiger partial charge in [-0.2, -0.15) is 0 Å². The van der Waals surface area contributed by atoms with Gasteiger partial charge in [-0.1, -0.05) is 19.1 Å². The van der Waals surface area contributed by atoms with Crippen LogP contribution in [0.5, 0.6) is 0 Å². The molecule has 0 unspecified atom stereocenters. The number of nitrogens with one attached hydrogen (secondary N) is 2. The van der Waals surface area contributed by atoms with Gasteiger partial charge in [0.05, 0.1) is 0 Å². The van der Waals surface area contributed by atoms with Gasteiger partial charge in [0.2, 0.25) is 0 Å². The maximum absolute atomic E-state index is 11.0. The summed E-state index contributed by atoms with van der Waals surface area (Å²) >= 11 is 0. The van der Waals surface area contributed by atoms with Gasteiger partial charge in [0, 0.05) is 13.6 Å². The highest BCUT2D eigenvalue weighted by molar-refractivity contribution is 5.79. The van der Waals surface area contributed by atoms with Crippen molar-refractivity contribution in [2.75, 3.05) is 20.2 Å². The Morgan fingerprint density at radius 1 is 1.33 bits per heavy atom. The van der Waals surface area contributed by atoms with E-state index in [1.165, 1.54) is 7.05 Å². The number of amides is 2. The second-order valence-corrected chi connectivity index (χ2v) is 2.84. The molecule has 0 aliphatic carbocycles. The minimum absolute atomic E-state index is 0.243. The lowest BCUT2D eigenvalue weighted by Crippen LogP contribution is -2.30. The van der Waals surface area contributed by atoms with E-state index in [0.29, 0.717) is 6.54 Å². The van der Waals surface area contributed by atoms with Crippen molar-refractivity contribution in [2.45, 2.75) is 19.8 Å². The second kappa shape index (κ2) is 9.05. The first-order chi connectivity index (χ1) is 7.20. The van der Waals surface area contributed by atoms with Crippen molar-refractivity contribution >= 4 is 12.0 Å². The Hall–Kier alpha value is -1.52. The highest BCUT2D eigenvalue weighted by Crippen LogP contribution is 1.85. The van der Waals surface area contributed by atoms with Gasteiger partial charge in [0.1, 0.15) is 0 Å². The summed E-state index contributed by atoms with van der Waals surface area (Å²) in [6, 6.07) is 0. The zero-order chi connectivity index (χ0) is 11.5. The molecule has 2 N–H and O–H groups in total. The first-order valence-electron chi connectivity index (χ1n) is 4.97. The van der Waals surface area contributed by atoms with Crippen LogP contribution in [-0.4, -0.2) is 32.2 Å². The number of hydrogen-bond donors (Lipinski definition) is 2. The summed E-state index contributed by atoms with van der Waals surface area (Å²) in [5, 5.41) is 4.88. The second-order valence-electron chi connectivity index (χ2n) is 2.84. The average molecular weight is 214 g/mol. The van der Waals surface area contributed by atoms with E-state index >= 15 is 0 Å². The Morgan fingerprint density at radius 3 is 2.67 bits per heavy atom. The summed E-state index contributed by atoms with van der Waals surface area (Å²) in [5.74, 6) is -0.323. The van der Waals surface area contributed by atoms with Crippen molar-refractivity contribution in [2.24, 2.45) is 0 Å². The first-order valence-corrected chi connectivity index (χ1v) is 4.97. The topological polar surface area (TPSA) is 67.4 Å². The molecule has 0 bridgehead atoms. The molecule has 5 nitrogen and oxygen atoms in total. The van der Waals surface area contributed by atoms with Crippen LogP contribution in [0.2, 0.25) is 0 Å². The lowest BCUT2D eigenvalue weighted by Gasteiger charge is -2.04. The lowest BCUT2D eigenvalue weighted by molar-refractivity contribution is -0.123. The van der Waals surface area contributed by atoms with Crippen LogP contribution in [0.4, 0.5) is 4.79 Å². The summed E-state index contributed by atoms with van der Waals surface area (Å²) in [6.45, 7) is 2.32. The van der Waals surface area contributed by atoms with Gasteiger partial charge in [-0.05, 0) is 12.8 Å². The van der Waals surface area contributed by atoms with E-state index in [0.717, 1.165) is 12.8 Å². The van der Waals surface area contributed by atoms with Crippen molar-refractivity contribution in [3.63, 3.8) is 0 Å². The monoisotopic (exact) mass is 214 g/mol. The molecule has 5 heteroatoms. The first kappa shape index (κ1) is 13.5. The normalized spacial score (nSPS) is 10.0. The number of allylic oxidation sites excluding steroid dienone is 1. The van der Waals surface area contributed by atoms with E-state index < -0.39 is 6.09 Å². The number of hydrogen-bond acceptors (Lipinski definition) is 3. The highest BCUT2D eigenvalue weighted by atomic mass is 16.6. The highest BCUT2D eigenvalue weighted by Gasteiger charge is 2.03. The molecule has 0 saturated heterocycles. The molecule has 0 aromatic carbocycles. The molecule has 0 heterocycles. The van der Waals surface area contributed by atoms with E-state index in [9.17, 15) is 9.59 Å². The number of rotatable bonds is 6. The van der Waals surface area contributed by atoms with Gasteiger partial charge < -0.3 is 15.4 Å². The maximum atomic E-state index is 11.0. The molecule has 0 aliphatic rings. The van der Waals surface area contributed by atoms with E-state index in [4.69, 9.17) is 0 Å². The molecule has 2 amide bonds. The van der Waals surface area contributed by atoms with Gasteiger partial charge in [0.25, 0.3) is 5.91 Å². The quantitative estimate of drug-likeness (QED) is 0.508. The van der Waals surface area contributed by atoms with Gasteiger partial charge in [-0.25, -0.2) is 4.79 Å². The molecular weight excluding hydrogens is 196 g/mol. The molecule has 86 valence electrons. The van der Waals surface area contributed by atoms with Crippen LogP contribution >= 0.6 is 0 Å². The SMILES string of the molecule is CCC=CCCNC(=O)OCC(=O)NC. The molecule has 0 radical (unpaired) electrons. The number of ether oxygens (including phenoxy) is 1. The smallest absolute Gasteiger partial charge is 0.407 e. The molecule has 15 heavy (non-hydrogen) atoms. The molecule has 0 atom stereocenters. The van der Waals surface area contributed by atoms with Gasteiger partial charge in [-0.15, -0.1) is 0 Å². The largest absolute Gasteiger partial charge is 0.439 e. The van der Waals surface area contributed by atoms with Crippen molar-refractivity contribution in [3.05, 3.63) is 12.2 Å². The van der Waals surface area contributed by atoms with Crippen molar-refractivity contribution in [1.29, 1.82) is 0 Å². The third-order valence-corrected chi connectivity index (χ3v) is 1.60. The summed E-state index contributed by atoms with van der Waals surface area (Å²) in [7, 11) is 1.49. The summed E-state index contributed by atoms with van der Waals surface area (Å²) in [4.78, 5) is 21.7. The average Bonchev–Trinajstić information content (AvgIpc) is 2.25. The minimum Gasteiger partial charge on any atom is -0.439 e. The molecule has 0 aromatic rings. The summed E-state index contributed by atoms with van der Waals surface area (Å²) < 4.78 is 4.62. The van der Waals surface area contributed by atoms with Gasteiger partial charge in [0.15, 0.2) is 6.61 Å². The number of carbonyl (C=O) groups is 2. The fraction of sp³-hybridized carbons (Fsp3) is 0.600. The number of likely N-dealkylation sites (N-methyl/N-ethyl adjacent to an activating group) is 1. The predicted molar refractivity (Wildman–Crippen MR) is 57.5 cm³/mol. The zero-order valence-electron chi connectivity index (χ0n) is 9.21. The maximum Gasteiger partial charge on any atom is 0.407 e. The van der Waals surface area contributed by atoms with Crippen molar-refractivity contribution < 1.29 is 14.3 Å². The van der Waals surface area contributed by atoms with Crippen LogP contribution in [0.1, 0.15) is 19.8 Å². The standard InChI is InChI=1S/C10H18N2O3/c1-3-4-5-6-7-12-10(14)15-8-9(13)11-2/h4-5H,3,6-8H2,1-2H3,(H,11,13)(H,12,14). The third kappa shape index (κ3) is 8.80. The van der Waals surface area contributed by atoms with E-state index in [2.05, 4.69) is 15.4 Å². The molecule has 0 spiro atoms. The van der Waals surface area contributed by atoms with Crippen LogP contribution in [0, 0.1) is 0 Å². The molecule has 0 saturated carbocycles. The Kier molecular flexibility index (Phi) is 8.13. The van der Waals surface area contributed by atoms with Crippen LogP contribution in [0.15, 0.2) is 12.2 Å². The Bertz CT molecular complexity index is 227. The molecule has 0 aliphatic heterocycles. The third-order valence-electron chi connectivity index (χ3n) is 1.60. The van der Waals surface area contributed by atoms with Crippen LogP contribution in [0.3, 0.4) is 0 Å². The van der Waals surface area contributed by atoms with E-state index in [-0.39, 0.29) is 12.5 Å². The van der Waals surface area contributed by atoms with Crippen molar-refractivity contribution in [1.82, 2.24) is 10.6 Å². The van der Waals surface area contributed by atoms with E-state index in [1.54, 1.807) is 0 Å². The van der Waals surface area contributed by atoms with E-state index in [1.807, 2.05) is 19.1 Å². The van der Waals surface area contributed by atoms with Gasteiger partial charge >= 0.3 is 6.09 Å².